The minimum Gasteiger partial charge on any atom is -0.481 e. The zero-order valence-electron chi connectivity index (χ0n) is 6.46. The number of aliphatic carboxylic acids is 1. The fourth-order valence-corrected chi connectivity index (χ4v) is 0.586. The summed E-state index contributed by atoms with van der Waals surface area (Å²) >= 11 is 0. The van der Waals surface area contributed by atoms with Crippen LogP contribution in [0.4, 0.5) is 0 Å². The van der Waals surface area contributed by atoms with E-state index in [1.807, 2.05) is 0 Å². The van der Waals surface area contributed by atoms with Crippen molar-refractivity contribution >= 4 is 11.9 Å². The van der Waals surface area contributed by atoms with Gasteiger partial charge >= 0.3 is 11.9 Å². The van der Waals surface area contributed by atoms with Gasteiger partial charge in [0.2, 0.25) is 0 Å². The largest absolute Gasteiger partial charge is 0.481 e. The Bertz CT molecular complexity index is 193. The van der Waals surface area contributed by atoms with Crippen molar-refractivity contribution < 1.29 is 19.4 Å². The first-order valence-electron chi connectivity index (χ1n) is 3.07. The molecule has 4 nitrogen and oxygen atoms in total. The van der Waals surface area contributed by atoms with E-state index >= 15 is 0 Å². The van der Waals surface area contributed by atoms with Crippen LogP contribution in [0.5, 0.6) is 0 Å². The normalized spacial score (nSPS) is 10.9. The summed E-state index contributed by atoms with van der Waals surface area (Å²) in [6.07, 6.45) is 1.14. The fourth-order valence-electron chi connectivity index (χ4n) is 0.586. The third kappa shape index (κ3) is 3.40. The molecule has 0 aliphatic heterocycles. The minimum atomic E-state index is -1.04. The molecule has 0 radical (unpaired) electrons. The second-order valence-corrected chi connectivity index (χ2v) is 1.88. The van der Waals surface area contributed by atoms with E-state index in [1.54, 1.807) is 6.92 Å². The standard InChI is InChI=1S/C7H10O4/c1-3-5(4-6(8)9)7(10)11-2/h3H,4H2,1-2H3,(H,8,9)/b5-3+. The van der Waals surface area contributed by atoms with Gasteiger partial charge in [0.05, 0.1) is 13.5 Å². The topological polar surface area (TPSA) is 63.6 Å². The Morgan fingerprint density at radius 1 is 1.55 bits per heavy atom. The van der Waals surface area contributed by atoms with E-state index in [9.17, 15) is 9.59 Å². The Morgan fingerprint density at radius 2 is 2.09 bits per heavy atom. The lowest BCUT2D eigenvalue weighted by Crippen LogP contribution is -2.08. The van der Waals surface area contributed by atoms with Crippen molar-refractivity contribution in [2.75, 3.05) is 7.11 Å². The SMILES string of the molecule is C/C=C(\CC(=O)O)C(=O)OC. The predicted octanol–water partition coefficient (Wildman–Crippen LogP) is 0.580. The Labute approximate surface area is 64.5 Å². The third-order valence-corrected chi connectivity index (χ3v) is 1.14. The van der Waals surface area contributed by atoms with Crippen molar-refractivity contribution in [2.24, 2.45) is 0 Å². The van der Waals surface area contributed by atoms with Gasteiger partial charge in [-0.1, -0.05) is 6.08 Å². The first-order chi connectivity index (χ1) is 5.11. The van der Waals surface area contributed by atoms with Crippen LogP contribution in [-0.2, 0) is 14.3 Å². The van der Waals surface area contributed by atoms with Gasteiger partial charge in [0.15, 0.2) is 0 Å². The molecule has 0 saturated carbocycles. The van der Waals surface area contributed by atoms with Crippen molar-refractivity contribution in [1.82, 2.24) is 0 Å². The Kier molecular flexibility index (Phi) is 3.95. The lowest BCUT2D eigenvalue weighted by Gasteiger charge is -1.99. The lowest BCUT2D eigenvalue weighted by molar-refractivity contribution is -0.141. The number of carbonyl (C=O) groups is 2. The fraction of sp³-hybridized carbons (Fsp3) is 0.429. The maximum absolute atomic E-state index is 10.7. The molecule has 0 amide bonds. The summed E-state index contributed by atoms with van der Waals surface area (Å²) in [7, 11) is 1.22. The first kappa shape index (κ1) is 9.68. The van der Waals surface area contributed by atoms with Crippen LogP contribution in [0, 0.1) is 0 Å². The third-order valence-electron chi connectivity index (χ3n) is 1.14. The second kappa shape index (κ2) is 4.49. The molecule has 0 unspecified atom stereocenters. The van der Waals surface area contributed by atoms with Gasteiger partial charge in [0.25, 0.3) is 0 Å². The van der Waals surface area contributed by atoms with Gasteiger partial charge in [0, 0.05) is 5.57 Å². The quantitative estimate of drug-likeness (QED) is 0.482. The molecule has 4 heteroatoms. The van der Waals surface area contributed by atoms with E-state index in [0.717, 1.165) is 0 Å². The van der Waals surface area contributed by atoms with Gasteiger partial charge in [-0.05, 0) is 6.92 Å². The summed E-state index contributed by atoms with van der Waals surface area (Å²) in [5.74, 6) is -1.63. The summed E-state index contributed by atoms with van der Waals surface area (Å²) in [6.45, 7) is 1.59. The average molecular weight is 158 g/mol. The molecule has 0 spiro atoms. The molecule has 0 aliphatic rings. The van der Waals surface area contributed by atoms with Crippen molar-refractivity contribution in [1.29, 1.82) is 0 Å². The number of ether oxygens (including phenoxy) is 1. The summed E-state index contributed by atoms with van der Waals surface area (Å²) in [6, 6.07) is 0. The molecule has 0 aromatic carbocycles. The second-order valence-electron chi connectivity index (χ2n) is 1.88. The maximum atomic E-state index is 10.7. The maximum Gasteiger partial charge on any atom is 0.333 e. The first-order valence-corrected chi connectivity index (χ1v) is 3.07. The molecule has 62 valence electrons. The molecular weight excluding hydrogens is 148 g/mol. The van der Waals surface area contributed by atoms with Crippen molar-refractivity contribution in [3.05, 3.63) is 11.6 Å². The average Bonchev–Trinajstić information content (AvgIpc) is 1.98. The van der Waals surface area contributed by atoms with Crippen LogP contribution in [0.15, 0.2) is 11.6 Å². The molecule has 11 heavy (non-hydrogen) atoms. The highest BCUT2D eigenvalue weighted by atomic mass is 16.5. The van der Waals surface area contributed by atoms with Gasteiger partial charge < -0.3 is 9.84 Å². The van der Waals surface area contributed by atoms with Crippen LogP contribution < -0.4 is 0 Å². The number of carboxylic acid groups (broad SMARTS) is 1. The number of hydrogen-bond acceptors (Lipinski definition) is 3. The minimum absolute atomic E-state index is 0.167. The highest BCUT2D eigenvalue weighted by Gasteiger charge is 2.11. The molecule has 0 atom stereocenters. The highest BCUT2D eigenvalue weighted by Crippen LogP contribution is 2.02. The molecule has 0 saturated heterocycles. The Balaban J connectivity index is 4.20. The number of methoxy groups -OCH3 is 1. The molecular formula is C7H10O4. The predicted molar refractivity (Wildman–Crippen MR) is 38.0 cm³/mol. The van der Waals surface area contributed by atoms with Crippen LogP contribution in [0.25, 0.3) is 0 Å². The van der Waals surface area contributed by atoms with Gasteiger partial charge in [-0.15, -0.1) is 0 Å². The van der Waals surface area contributed by atoms with Gasteiger partial charge in [0.1, 0.15) is 0 Å². The van der Waals surface area contributed by atoms with Crippen LogP contribution in [-0.4, -0.2) is 24.2 Å². The van der Waals surface area contributed by atoms with Gasteiger partial charge in [-0.3, -0.25) is 4.79 Å². The summed E-state index contributed by atoms with van der Waals surface area (Å²) in [4.78, 5) is 20.9. The summed E-state index contributed by atoms with van der Waals surface area (Å²) in [5.41, 5.74) is 0.167. The van der Waals surface area contributed by atoms with Crippen LogP contribution in [0.3, 0.4) is 0 Å². The van der Waals surface area contributed by atoms with E-state index in [2.05, 4.69) is 4.74 Å². The number of rotatable bonds is 3. The molecule has 0 aromatic rings. The monoisotopic (exact) mass is 158 g/mol. The van der Waals surface area contributed by atoms with Gasteiger partial charge in [-0.25, -0.2) is 4.79 Å². The zero-order chi connectivity index (χ0) is 8.85. The Morgan fingerprint density at radius 3 is 2.36 bits per heavy atom. The molecule has 0 aromatic heterocycles. The van der Waals surface area contributed by atoms with Gasteiger partial charge in [-0.2, -0.15) is 0 Å². The molecule has 1 N–H and O–H groups in total. The van der Waals surface area contributed by atoms with Crippen molar-refractivity contribution in [2.45, 2.75) is 13.3 Å². The van der Waals surface area contributed by atoms with E-state index in [1.165, 1.54) is 13.2 Å². The number of carboxylic acids is 1. The van der Waals surface area contributed by atoms with Crippen LogP contribution in [0.1, 0.15) is 13.3 Å². The van der Waals surface area contributed by atoms with Crippen molar-refractivity contribution in [3.63, 3.8) is 0 Å². The van der Waals surface area contributed by atoms with E-state index in [4.69, 9.17) is 5.11 Å². The molecule has 0 heterocycles. The number of allylic oxidation sites excluding steroid dienone is 1. The van der Waals surface area contributed by atoms with E-state index in [-0.39, 0.29) is 12.0 Å². The number of carbonyl (C=O) groups excluding carboxylic acids is 1. The lowest BCUT2D eigenvalue weighted by atomic mass is 10.2. The van der Waals surface area contributed by atoms with E-state index < -0.39 is 11.9 Å². The molecule has 0 bridgehead atoms. The highest BCUT2D eigenvalue weighted by molar-refractivity contribution is 5.93. The number of hydrogen-bond donors (Lipinski definition) is 1. The molecule has 0 aliphatic carbocycles. The van der Waals surface area contributed by atoms with E-state index in [0.29, 0.717) is 0 Å². The van der Waals surface area contributed by atoms with Crippen LogP contribution >= 0.6 is 0 Å². The number of esters is 1. The summed E-state index contributed by atoms with van der Waals surface area (Å²) in [5, 5.41) is 8.31. The summed E-state index contributed by atoms with van der Waals surface area (Å²) < 4.78 is 4.33. The molecule has 0 rings (SSSR count). The molecule has 0 fully saturated rings. The Hall–Kier alpha value is -1.32. The van der Waals surface area contributed by atoms with Crippen LogP contribution in [0.2, 0.25) is 0 Å². The van der Waals surface area contributed by atoms with Crippen molar-refractivity contribution in [3.8, 4) is 0 Å². The zero-order valence-corrected chi connectivity index (χ0v) is 6.46. The smallest absolute Gasteiger partial charge is 0.333 e.